The molecule has 1 aliphatic rings. The summed E-state index contributed by atoms with van der Waals surface area (Å²) in [6.45, 7) is 5.67. The predicted molar refractivity (Wildman–Crippen MR) is 80.9 cm³/mol. The van der Waals surface area contributed by atoms with E-state index in [9.17, 15) is 9.59 Å². The van der Waals surface area contributed by atoms with Crippen molar-refractivity contribution in [2.75, 3.05) is 13.1 Å². The maximum absolute atomic E-state index is 12.0. The molecule has 0 unspecified atom stereocenters. The SMILES string of the molecule is CC(C)(OC(=O)C(=O)Cc1ccccc1)C1CCNCC1. The summed E-state index contributed by atoms with van der Waals surface area (Å²) in [7, 11) is 0. The molecule has 1 N–H and O–H groups in total. The second-order valence-electron chi connectivity index (χ2n) is 6.10. The second kappa shape index (κ2) is 6.85. The Morgan fingerprint density at radius 3 is 2.43 bits per heavy atom. The lowest BCUT2D eigenvalue weighted by Gasteiger charge is -2.36. The number of benzene rings is 1. The molecule has 0 bridgehead atoms. The number of carbonyl (C=O) groups excluding carboxylic acids is 2. The van der Waals surface area contributed by atoms with Crippen LogP contribution in [0.1, 0.15) is 32.3 Å². The van der Waals surface area contributed by atoms with E-state index in [1.54, 1.807) is 0 Å². The first-order valence-electron chi connectivity index (χ1n) is 7.50. The Bertz CT molecular complexity index is 490. The Morgan fingerprint density at radius 1 is 1.19 bits per heavy atom. The molecule has 114 valence electrons. The molecule has 1 fully saturated rings. The van der Waals surface area contributed by atoms with Crippen LogP contribution in [0.3, 0.4) is 0 Å². The zero-order valence-electron chi connectivity index (χ0n) is 12.7. The molecule has 4 nitrogen and oxygen atoms in total. The van der Waals surface area contributed by atoms with E-state index in [4.69, 9.17) is 4.74 Å². The average molecular weight is 289 g/mol. The highest BCUT2D eigenvalue weighted by molar-refractivity contribution is 6.34. The summed E-state index contributed by atoms with van der Waals surface area (Å²) < 4.78 is 5.50. The Balaban J connectivity index is 1.91. The standard InChI is InChI=1S/C17H23NO3/c1-17(2,14-8-10-18-11-9-14)21-16(20)15(19)12-13-6-4-3-5-7-13/h3-7,14,18H,8-12H2,1-2H3. The molecule has 0 aliphatic carbocycles. The van der Waals surface area contributed by atoms with E-state index < -0.39 is 17.4 Å². The quantitative estimate of drug-likeness (QED) is 0.666. The van der Waals surface area contributed by atoms with Gasteiger partial charge in [0.05, 0.1) is 0 Å². The largest absolute Gasteiger partial charge is 0.454 e. The van der Waals surface area contributed by atoms with Gasteiger partial charge in [0, 0.05) is 12.3 Å². The number of ether oxygens (including phenoxy) is 1. The molecule has 0 aromatic heterocycles. The Kier molecular flexibility index (Phi) is 5.12. The highest BCUT2D eigenvalue weighted by Crippen LogP contribution is 2.29. The fraction of sp³-hybridized carbons (Fsp3) is 0.529. The number of hydrogen-bond acceptors (Lipinski definition) is 4. The highest BCUT2D eigenvalue weighted by Gasteiger charge is 2.35. The number of hydrogen-bond donors (Lipinski definition) is 1. The van der Waals surface area contributed by atoms with Crippen molar-refractivity contribution >= 4 is 11.8 Å². The van der Waals surface area contributed by atoms with Gasteiger partial charge >= 0.3 is 5.97 Å². The molecule has 4 heteroatoms. The summed E-state index contributed by atoms with van der Waals surface area (Å²) in [6, 6.07) is 9.26. The van der Waals surface area contributed by atoms with Crippen LogP contribution < -0.4 is 5.32 Å². The lowest BCUT2D eigenvalue weighted by atomic mass is 9.83. The molecule has 21 heavy (non-hydrogen) atoms. The molecule has 0 saturated carbocycles. The minimum absolute atomic E-state index is 0.0992. The van der Waals surface area contributed by atoms with E-state index >= 15 is 0 Å². The minimum Gasteiger partial charge on any atom is -0.454 e. The molecule has 1 aliphatic heterocycles. The first-order valence-corrected chi connectivity index (χ1v) is 7.50. The predicted octanol–water partition coefficient (Wildman–Crippen LogP) is 2.12. The first-order chi connectivity index (χ1) is 9.99. The number of rotatable bonds is 5. The molecule has 0 radical (unpaired) electrons. The third-order valence-electron chi connectivity index (χ3n) is 4.11. The molecule has 0 spiro atoms. The fourth-order valence-corrected chi connectivity index (χ4v) is 2.75. The Labute approximate surface area is 125 Å². The number of ketones is 1. The molecule has 0 amide bonds. The number of piperidine rings is 1. The van der Waals surface area contributed by atoms with Crippen molar-refractivity contribution in [1.82, 2.24) is 5.32 Å². The third-order valence-corrected chi connectivity index (χ3v) is 4.11. The highest BCUT2D eigenvalue weighted by atomic mass is 16.6. The van der Waals surface area contributed by atoms with Gasteiger partial charge in [0.25, 0.3) is 0 Å². The van der Waals surface area contributed by atoms with Crippen LogP contribution in [0.25, 0.3) is 0 Å². The van der Waals surface area contributed by atoms with Crippen LogP contribution in [0.5, 0.6) is 0 Å². The summed E-state index contributed by atoms with van der Waals surface area (Å²) >= 11 is 0. The summed E-state index contributed by atoms with van der Waals surface area (Å²) in [6.07, 6.45) is 2.03. The molecular weight excluding hydrogens is 266 g/mol. The minimum atomic E-state index is -0.720. The van der Waals surface area contributed by atoms with Crippen LogP contribution in [0, 0.1) is 5.92 Å². The van der Waals surface area contributed by atoms with Gasteiger partial charge in [-0.15, -0.1) is 0 Å². The van der Waals surface area contributed by atoms with Gasteiger partial charge in [0.1, 0.15) is 5.60 Å². The number of nitrogens with one attached hydrogen (secondary N) is 1. The van der Waals surface area contributed by atoms with Gasteiger partial charge in [-0.3, -0.25) is 4.79 Å². The van der Waals surface area contributed by atoms with Crippen molar-refractivity contribution in [3.05, 3.63) is 35.9 Å². The van der Waals surface area contributed by atoms with Gasteiger partial charge in [-0.2, -0.15) is 0 Å². The lowest BCUT2D eigenvalue weighted by molar-refractivity contribution is -0.168. The van der Waals surface area contributed by atoms with E-state index in [0.717, 1.165) is 31.5 Å². The molecule has 1 saturated heterocycles. The van der Waals surface area contributed by atoms with Crippen LogP contribution in [0.2, 0.25) is 0 Å². The first kappa shape index (κ1) is 15.7. The van der Waals surface area contributed by atoms with Gasteiger partial charge in [0.15, 0.2) is 0 Å². The summed E-state index contributed by atoms with van der Waals surface area (Å²) in [4.78, 5) is 24.0. The monoisotopic (exact) mass is 289 g/mol. The molecule has 2 rings (SSSR count). The molecule has 1 aromatic rings. The number of esters is 1. The van der Waals surface area contributed by atoms with Crippen LogP contribution in [-0.4, -0.2) is 30.4 Å². The fourth-order valence-electron chi connectivity index (χ4n) is 2.75. The van der Waals surface area contributed by atoms with Crippen LogP contribution >= 0.6 is 0 Å². The van der Waals surface area contributed by atoms with Crippen molar-refractivity contribution < 1.29 is 14.3 Å². The van der Waals surface area contributed by atoms with Gasteiger partial charge in [-0.05, 0) is 45.3 Å². The molecule has 1 heterocycles. The molecule has 0 atom stereocenters. The Hall–Kier alpha value is -1.68. The number of carbonyl (C=O) groups is 2. The van der Waals surface area contributed by atoms with E-state index in [0.29, 0.717) is 5.92 Å². The third kappa shape index (κ3) is 4.39. The van der Waals surface area contributed by atoms with Crippen molar-refractivity contribution in [1.29, 1.82) is 0 Å². The smallest absolute Gasteiger partial charge is 0.375 e. The van der Waals surface area contributed by atoms with E-state index in [1.807, 2.05) is 44.2 Å². The summed E-state index contributed by atoms with van der Waals surface area (Å²) in [5.41, 5.74) is 0.241. The van der Waals surface area contributed by atoms with Crippen LogP contribution in [-0.2, 0) is 20.7 Å². The van der Waals surface area contributed by atoms with Crippen LogP contribution in [0.15, 0.2) is 30.3 Å². The van der Waals surface area contributed by atoms with Gasteiger partial charge in [0.2, 0.25) is 5.78 Å². The maximum atomic E-state index is 12.0. The van der Waals surface area contributed by atoms with Crippen LogP contribution in [0.4, 0.5) is 0 Å². The number of Topliss-reactive ketones (excluding diaryl/α,β-unsaturated/α-hetero) is 1. The maximum Gasteiger partial charge on any atom is 0.375 e. The van der Waals surface area contributed by atoms with Crippen molar-refractivity contribution in [3.8, 4) is 0 Å². The zero-order chi connectivity index (χ0) is 15.3. The zero-order valence-corrected chi connectivity index (χ0v) is 12.7. The van der Waals surface area contributed by atoms with E-state index in [2.05, 4.69) is 5.32 Å². The molecular formula is C17H23NO3. The topological polar surface area (TPSA) is 55.4 Å². The van der Waals surface area contributed by atoms with E-state index in [-0.39, 0.29) is 6.42 Å². The van der Waals surface area contributed by atoms with Crippen molar-refractivity contribution in [2.45, 2.75) is 38.7 Å². The normalized spacial score (nSPS) is 16.5. The van der Waals surface area contributed by atoms with Crippen molar-refractivity contribution in [3.63, 3.8) is 0 Å². The van der Waals surface area contributed by atoms with Gasteiger partial charge in [-0.25, -0.2) is 4.79 Å². The lowest BCUT2D eigenvalue weighted by Crippen LogP contribution is -2.44. The Morgan fingerprint density at radius 2 is 1.81 bits per heavy atom. The van der Waals surface area contributed by atoms with Gasteiger partial charge in [-0.1, -0.05) is 30.3 Å². The summed E-state index contributed by atoms with van der Waals surface area (Å²) in [5, 5.41) is 3.29. The molecule has 1 aromatic carbocycles. The average Bonchev–Trinajstić information content (AvgIpc) is 2.48. The van der Waals surface area contributed by atoms with Crippen molar-refractivity contribution in [2.24, 2.45) is 5.92 Å². The summed E-state index contributed by atoms with van der Waals surface area (Å²) in [5.74, 6) is -0.905. The van der Waals surface area contributed by atoms with Gasteiger partial charge < -0.3 is 10.1 Å². The van der Waals surface area contributed by atoms with E-state index in [1.165, 1.54) is 0 Å². The second-order valence-corrected chi connectivity index (χ2v) is 6.10.